The fourth-order valence-electron chi connectivity index (χ4n) is 5.50. The average molecular weight is 449 g/mol. The molecule has 3 N–H and O–H groups in total. The molecule has 1 unspecified atom stereocenters. The van der Waals surface area contributed by atoms with Crippen molar-refractivity contribution >= 4 is 5.97 Å². The van der Waals surface area contributed by atoms with E-state index < -0.39 is 12.1 Å². The number of hydrogen-bond donors (Lipinski definition) is 3. The van der Waals surface area contributed by atoms with E-state index in [0.717, 1.165) is 44.3 Å². The molecule has 6 nitrogen and oxygen atoms in total. The van der Waals surface area contributed by atoms with Crippen LogP contribution < -0.4 is 4.74 Å². The van der Waals surface area contributed by atoms with E-state index >= 15 is 0 Å². The molecule has 1 aliphatic heterocycles. The van der Waals surface area contributed by atoms with Crippen LogP contribution in [0.2, 0.25) is 0 Å². The molecular formula is C26H40O6. The summed E-state index contributed by atoms with van der Waals surface area (Å²) in [6.45, 7) is 2.94. The summed E-state index contributed by atoms with van der Waals surface area (Å²) >= 11 is 0. The van der Waals surface area contributed by atoms with Crippen molar-refractivity contribution in [2.75, 3.05) is 13.2 Å². The second kappa shape index (κ2) is 12.6. The Bertz CT molecular complexity index is 680. The van der Waals surface area contributed by atoms with E-state index in [1.807, 2.05) is 37.3 Å². The molecule has 0 radical (unpaired) electrons. The van der Waals surface area contributed by atoms with E-state index in [1.54, 1.807) is 0 Å². The summed E-state index contributed by atoms with van der Waals surface area (Å²) in [5, 5.41) is 30.4. The highest BCUT2D eigenvalue weighted by Crippen LogP contribution is 2.43. The topological polar surface area (TPSA) is 96.2 Å². The Kier molecular flexibility index (Phi) is 9.82. The van der Waals surface area contributed by atoms with Gasteiger partial charge in [0.1, 0.15) is 12.4 Å². The number of carbonyl (C=O) groups is 1. The number of fused-ring (bicyclic) bond motifs is 1. The molecular weight excluding hydrogens is 408 g/mol. The fraction of sp³-hybridized carbons (Fsp3) is 0.731. The van der Waals surface area contributed by atoms with E-state index in [-0.39, 0.29) is 30.7 Å². The van der Waals surface area contributed by atoms with Crippen LogP contribution in [0.25, 0.3) is 0 Å². The van der Waals surface area contributed by atoms with Gasteiger partial charge in [0.05, 0.1) is 24.2 Å². The van der Waals surface area contributed by atoms with Crippen molar-refractivity contribution in [2.45, 2.75) is 83.0 Å². The molecule has 0 spiro atoms. The standard InChI is InChI=1S/C26H40O6/c1-2-6-19(26(29)30)11-9-18-10-13-23-22(24(28)15-25(23)32-16-18)14-12-20(27)17-31-21-7-4-3-5-8-21/h3-5,7-8,18-20,22-25,27-28H,2,6,9-17H2,1H3,(H,29,30)/t18-,19?,20-,22-,23-,24-,25+/m1/s1. The Morgan fingerprint density at radius 3 is 2.66 bits per heavy atom. The van der Waals surface area contributed by atoms with Crippen LogP contribution in [0.4, 0.5) is 0 Å². The summed E-state index contributed by atoms with van der Waals surface area (Å²) in [5.74, 6) is 0.648. The molecule has 180 valence electrons. The highest BCUT2D eigenvalue weighted by atomic mass is 16.5. The van der Waals surface area contributed by atoms with Gasteiger partial charge in [0.2, 0.25) is 0 Å². The Morgan fingerprint density at radius 2 is 1.94 bits per heavy atom. The Hall–Kier alpha value is -1.63. The summed E-state index contributed by atoms with van der Waals surface area (Å²) < 4.78 is 11.9. The van der Waals surface area contributed by atoms with Gasteiger partial charge in [-0.2, -0.15) is 0 Å². The molecule has 0 bridgehead atoms. The number of benzene rings is 1. The highest BCUT2D eigenvalue weighted by Gasteiger charge is 2.44. The van der Waals surface area contributed by atoms with Crippen LogP contribution >= 0.6 is 0 Å². The van der Waals surface area contributed by atoms with Crippen LogP contribution in [0.15, 0.2) is 30.3 Å². The zero-order valence-corrected chi connectivity index (χ0v) is 19.3. The third-order valence-corrected chi connectivity index (χ3v) is 7.38. The van der Waals surface area contributed by atoms with E-state index in [2.05, 4.69) is 0 Å². The zero-order valence-electron chi connectivity index (χ0n) is 19.3. The predicted octanol–water partition coefficient (Wildman–Crippen LogP) is 4.28. The van der Waals surface area contributed by atoms with Gasteiger partial charge in [-0.1, -0.05) is 31.5 Å². The highest BCUT2D eigenvalue weighted by molar-refractivity contribution is 5.69. The minimum atomic E-state index is -0.684. The van der Waals surface area contributed by atoms with E-state index in [9.17, 15) is 20.1 Å². The third kappa shape index (κ3) is 7.19. The van der Waals surface area contributed by atoms with Crippen molar-refractivity contribution in [3.8, 4) is 5.75 Å². The van der Waals surface area contributed by atoms with Gasteiger partial charge in [0, 0.05) is 13.0 Å². The molecule has 0 amide bonds. The predicted molar refractivity (Wildman–Crippen MR) is 123 cm³/mol. The normalized spacial score (nSPS) is 29.7. The second-order valence-electron chi connectivity index (χ2n) is 9.70. The summed E-state index contributed by atoms with van der Waals surface area (Å²) in [6.07, 6.45) is 6.38. The second-order valence-corrected chi connectivity index (χ2v) is 9.70. The summed E-state index contributed by atoms with van der Waals surface area (Å²) in [5.41, 5.74) is 0. The largest absolute Gasteiger partial charge is 0.491 e. The van der Waals surface area contributed by atoms with E-state index in [4.69, 9.17) is 9.47 Å². The molecule has 7 atom stereocenters. The smallest absolute Gasteiger partial charge is 0.306 e. The van der Waals surface area contributed by atoms with Crippen molar-refractivity contribution in [3.63, 3.8) is 0 Å². The molecule has 3 rings (SSSR count). The summed E-state index contributed by atoms with van der Waals surface area (Å²) in [6, 6.07) is 9.48. The number of aliphatic hydroxyl groups excluding tert-OH is 2. The van der Waals surface area contributed by atoms with Crippen LogP contribution in [-0.4, -0.2) is 52.8 Å². The van der Waals surface area contributed by atoms with Gasteiger partial charge in [0.25, 0.3) is 0 Å². The van der Waals surface area contributed by atoms with Gasteiger partial charge in [-0.25, -0.2) is 0 Å². The fourth-order valence-corrected chi connectivity index (χ4v) is 5.50. The molecule has 0 aromatic heterocycles. The zero-order chi connectivity index (χ0) is 22.9. The molecule has 1 heterocycles. The molecule has 1 aromatic carbocycles. The first-order chi connectivity index (χ1) is 15.5. The summed E-state index contributed by atoms with van der Waals surface area (Å²) in [7, 11) is 0. The van der Waals surface area contributed by atoms with Crippen molar-refractivity contribution < 1.29 is 29.6 Å². The molecule has 32 heavy (non-hydrogen) atoms. The number of carboxylic acid groups (broad SMARTS) is 1. The number of hydrogen-bond acceptors (Lipinski definition) is 5. The monoisotopic (exact) mass is 448 g/mol. The number of aliphatic carboxylic acids is 1. The van der Waals surface area contributed by atoms with Crippen molar-refractivity contribution in [2.24, 2.45) is 23.7 Å². The van der Waals surface area contributed by atoms with Gasteiger partial charge >= 0.3 is 5.97 Å². The first kappa shape index (κ1) is 25.0. The number of carboxylic acids is 1. The van der Waals surface area contributed by atoms with Gasteiger partial charge in [-0.05, 0) is 74.8 Å². The number of aliphatic hydroxyl groups is 2. The van der Waals surface area contributed by atoms with Crippen molar-refractivity contribution in [1.82, 2.24) is 0 Å². The Balaban J connectivity index is 1.44. The first-order valence-electron chi connectivity index (χ1n) is 12.4. The molecule has 1 saturated heterocycles. The average Bonchev–Trinajstić information content (AvgIpc) is 2.95. The Labute approximate surface area is 191 Å². The third-order valence-electron chi connectivity index (χ3n) is 7.38. The Morgan fingerprint density at radius 1 is 1.16 bits per heavy atom. The SMILES string of the molecule is CCCC(CC[C@@H]1CC[C@@H]2[C@@H](CC[C@@H](O)COc3ccccc3)[C@H](O)C[C@@H]2OC1)C(=O)O. The number of ether oxygens (including phenoxy) is 2. The van der Waals surface area contributed by atoms with Crippen LogP contribution in [0, 0.1) is 23.7 Å². The lowest BCUT2D eigenvalue weighted by molar-refractivity contribution is -0.142. The molecule has 1 aliphatic carbocycles. The summed E-state index contributed by atoms with van der Waals surface area (Å²) in [4.78, 5) is 11.4. The lowest BCUT2D eigenvalue weighted by Gasteiger charge is -2.24. The van der Waals surface area contributed by atoms with Crippen molar-refractivity contribution in [1.29, 1.82) is 0 Å². The quantitative estimate of drug-likeness (QED) is 0.442. The maximum Gasteiger partial charge on any atom is 0.306 e. The number of rotatable bonds is 12. The molecule has 1 aromatic rings. The maximum absolute atomic E-state index is 11.4. The van der Waals surface area contributed by atoms with Crippen LogP contribution in [-0.2, 0) is 9.53 Å². The molecule has 1 saturated carbocycles. The van der Waals surface area contributed by atoms with Gasteiger partial charge in [0.15, 0.2) is 0 Å². The lowest BCUT2D eigenvalue weighted by Crippen LogP contribution is -2.25. The van der Waals surface area contributed by atoms with E-state index in [1.165, 1.54) is 0 Å². The van der Waals surface area contributed by atoms with Crippen LogP contribution in [0.5, 0.6) is 5.75 Å². The van der Waals surface area contributed by atoms with E-state index in [0.29, 0.717) is 37.7 Å². The first-order valence-corrected chi connectivity index (χ1v) is 12.4. The number of para-hydroxylation sites is 1. The maximum atomic E-state index is 11.4. The van der Waals surface area contributed by atoms with Crippen molar-refractivity contribution in [3.05, 3.63) is 30.3 Å². The molecule has 6 heteroatoms. The molecule has 2 aliphatic rings. The minimum Gasteiger partial charge on any atom is -0.491 e. The van der Waals surface area contributed by atoms with Crippen LogP contribution in [0.3, 0.4) is 0 Å². The van der Waals surface area contributed by atoms with Gasteiger partial charge < -0.3 is 24.8 Å². The molecule has 2 fully saturated rings. The lowest BCUT2D eigenvalue weighted by atomic mass is 9.83. The minimum absolute atomic E-state index is 0.0728. The van der Waals surface area contributed by atoms with Crippen LogP contribution in [0.1, 0.15) is 64.7 Å². The van der Waals surface area contributed by atoms with Gasteiger partial charge in [-0.15, -0.1) is 0 Å². The van der Waals surface area contributed by atoms with Gasteiger partial charge in [-0.3, -0.25) is 4.79 Å².